The number of hydrogen-bond acceptors (Lipinski definition) is 2. The Balaban J connectivity index is 1.86. The fraction of sp³-hybridized carbons (Fsp3) is 0.500. The molecule has 0 radical (unpaired) electrons. The van der Waals surface area contributed by atoms with Crippen LogP contribution in [-0.2, 0) is 17.6 Å². The van der Waals surface area contributed by atoms with Crippen molar-refractivity contribution < 1.29 is 9.90 Å². The van der Waals surface area contributed by atoms with Gasteiger partial charge >= 0.3 is 5.97 Å². The van der Waals surface area contributed by atoms with Crippen molar-refractivity contribution in [3.8, 4) is 0 Å². The first-order chi connectivity index (χ1) is 8.20. The van der Waals surface area contributed by atoms with E-state index in [1.165, 1.54) is 17.5 Å². The molecule has 0 bridgehead atoms. The van der Waals surface area contributed by atoms with Crippen molar-refractivity contribution in [2.45, 2.75) is 43.7 Å². The zero-order valence-electron chi connectivity index (χ0n) is 9.78. The first-order valence-corrected chi connectivity index (χ1v) is 6.27. The average molecular weight is 231 g/mol. The highest BCUT2D eigenvalue weighted by Gasteiger charge is 2.45. The van der Waals surface area contributed by atoms with Gasteiger partial charge in [0.15, 0.2) is 0 Å². The van der Waals surface area contributed by atoms with Crippen LogP contribution in [0.2, 0.25) is 0 Å². The lowest BCUT2D eigenvalue weighted by Gasteiger charge is -2.35. The Bertz CT molecular complexity index is 426. The van der Waals surface area contributed by atoms with Gasteiger partial charge in [0, 0.05) is 18.9 Å². The number of benzene rings is 1. The lowest BCUT2D eigenvalue weighted by atomic mass is 9.87. The Kier molecular flexibility index (Phi) is 2.44. The van der Waals surface area contributed by atoms with Gasteiger partial charge in [-0.15, -0.1) is 0 Å². The molecule has 0 aliphatic heterocycles. The van der Waals surface area contributed by atoms with E-state index in [0.29, 0.717) is 18.9 Å². The van der Waals surface area contributed by atoms with Gasteiger partial charge in [-0.2, -0.15) is 0 Å². The van der Waals surface area contributed by atoms with Gasteiger partial charge in [0.25, 0.3) is 0 Å². The smallest absolute Gasteiger partial charge is 0.324 e. The maximum atomic E-state index is 11.6. The summed E-state index contributed by atoms with van der Waals surface area (Å²) >= 11 is 0. The van der Waals surface area contributed by atoms with Crippen LogP contribution in [0, 0.1) is 0 Å². The van der Waals surface area contributed by atoms with Crippen LogP contribution in [0.4, 0.5) is 0 Å². The third kappa shape index (κ3) is 1.75. The molecule has 0 heterocycles. The van der Waals surface area contributed by atoms with Gasteiger partial charge in [0.05, 0.1) is 0 Å². The number of carboxylic acids is 1. The summed E-state index contributed by atoms with van der Waals surface area (Å²) < 4.78 is 0. The maximum Gasteiger partial charge on any atom is 0.324 e. The van der Waals surface area contributed by atoms with Gasteiger partial charge in [-0.05, 0) is 24.0 Å². The predicted octanol–water partition coefficient (Wildman–Crippen LogP) is 1.75. The standard InChI is InChI=1S/C14H17NO2/c16-13(17)14(15-12-6-3-7-12)8-10-4-1-2-5-11(10)9-14/h1-2,4-5,12,15H,3,6-9H2,(H,16,17). The average Bonchev–Trinajstić information content (AvgIpc) is 2.63. The molecule has 2 aliphatic rings. The highest BCUT2D eigenvalue weighted by atomic mass is 16.4. The molecular weight excluding hydrogens is 214 g/mol. The molecule has 17 heavy (non-hydrogen) atoms. The fourth-order valence-electron chi connectivity index (χ4n) is 2.87. The topological polar surface area (TPSA) is 49.3 Å². The molecule has 0 atom stereocenters. The van der Waals surface area contributed by atoms with Crippen molar-refractivity contribution in [2.24, 2.45) is 0 Å². The van der Waals surface area contributed by atoms with Gasteiger partial charge in [-0.3, -0.25) is 10.1 Å². The van der Waals surface area contributed by atoms with Crippen LogP contribution in [0.25, 0.3) is 0 Å². The quantitative estimate of drug-likeness (QED) is 0.833. The minimum atomic E-state index is -0.755. The number of fused-ring (bicyclic) bond motifs is 1. The van der Waals surface area contributed by atoms with Crippen LogP contribution in [0.1, 0.15) is 30.4 Å². The van der Waals surface area contributed by atoms with E-state index in [1.54, 1.807) is 0 Å². The Hall–Kier alpha value is -1.35. The third-order valence-corrected chi connectivity index (χ3v) is 4.10. The molecule has 2 aliphatic carbocycles. The predicted molar refractivity (Wildman–Crippen MR) is 65.0 cm³/mol. The van der Waals surface area contributed by atoms with Gasteiger partial charge in [0.1, 0.15) is 5.54 Å². The molecule has 0 unspecified atom stereocenters. The van der Waals surface area contributed by atoms with Crippen molar-refractivity contribution in [3.05, 3.63) is 35.4 Å². The lowest BCUT2D eigenvalue weighted by Crippen LogP contribution is -2.58. The molecule has 2 N–H and O–H groups in total. The minimum Gasteiger partial charge on any atom is -0.480 e. The second-order valence-electron chi connectivity index (χ2n) is 5.28. The van der Waals surface area contributed by atoms with Crippen LogP contribution in [0.5, 0.6) is 0 Å². The van der Waals surface area contributed by atoms with Crippen LogP contribution >= 0.6 is 0 Å². The molecular formula is C14H17NO2. The zero-order valence-corrected chi connectivity index (χ0v) is 9.78. The molecule has 1 saturated carbocycles. The van der Waals surface area contributed by atoms with Gasteiger partial charge in [-0.25, -0.2) is 0 Å². The van der Waals surface area contributed by atoms with Crippen molar-refractivity contribution in [2.75, 3.05) is 0 Å². The molecule has 3 heteroatoms. The first kappa shape index (κ1) is 10.8. The summed E-state index contributed by atoms with van der Waals surface area (Å²) in [6, 6.07) is 8.46. The van der Waals surface area contributed by atoms with E-state index in [-0.39, 0.29) is 0 Å². The van der Waals surface area contributed by atoms with E-state index in [4.69, 9.17) is 0 Å². The second kappa shape index (κ2) is 3.84. The van der Waals surface area contributed by atoms with E-state index in [9.17, 15) is 9.90 Å². The highest BCUT2D eigenvalue weighted by molar-refractivity contribution is 5.81. The monoisotopic (exact) mass is 231 g/mol. The normalized spacial score (nSPS) is 21.9. The van der Waals surface area contributed by atoms with Crippen LogP contribution < -0.4 is 5.32 Å². The molecule has 0 aromatic heterocycles. The van der Waals surface area contributed by atoms with E-state index in [1.807, 2.05) is 24.3 Å². The van der Waals surface area contributed by atoms with Crippen molar-refractivity contribution in [1.29, 1.82) is 0 Å². The van der Waals surface area contributed by atoms with Gasteiger partial charge in [0.2, 0.25) is 0 Å². The summed E-state index contributed by atoms with van der Waals surface area (Å²) in [5.74, 6) is -0.708. The molecule has 0 saturated heterocycles. The molecule has 1 fully saturated rings. The number of rotatable bonds is 3. The largest absolute Gasteiger partial charge is 0.480 e. The second-order valence-corrected chi connectivity index (χ2v) is 5.28. The van der Waals surface area contributed by atoms with Crippen LogP contribution in [0.15, 0.2) is 24.3 Å². The number of carbonyl (C=O) groups is 1. The summed E-state index contributed by atoms with van der Waals surface area (Å²) in [4.78, 5) is 11.6. The summed E-state index contributed by atoms with van der Waals surface area (Å²) in [5, 5.41) is 12.9. The zero-order chi connectivity index (χ0) is 11.9. The minimum absolute atomic E-state index is 0.403. The molecule has 3 nitrogen and oxygen atoms in total. The summed E-state index contributed by atoms with van der Waals surface area (Å²) in [7, 11) is 0. The summed E-state index contributed by atoms with van der Waals surface area (Å²) in [5.41, 5.74) is 1.61. The molecule has 0 amide bonds. The lowest BCUT2D eigenvalue weighted by molar-refractivity contribution is -0.145. The van der Waals surface area contributed by atoms with Crippen molar-refractivity contribution in [1.82, 2.24) is 5.32 Å². The first-order valence-electron chi connectivity index (χ1n) is 6.27. The van der Waals surface area contributed by atoms with Crippen LogP contribution in [0.3, 0.4) is 0 Å². The Morgan fingerprint density at radius 2 is 1.82 bits per heavy atom. The maximum absolute atomic E-state index is 11.6. The van der Waals surface area contributed by atoms with E-state index in [0.717, 1.165) is 12.8 Å². The van der Waals surface area contributed by atoms with E-state index < -0.39 is 11.5 Å². The number of hydrogen-bond donors (Lipinski definition) is 2. The summed E-state index contributed by atoms with van der Waals surface area (Å²) in [6.45, 7) is 0. The highest BCUT2D eigenvalue weighted by Crippen LogP contribution is 2.33. The Morgan fingerprint density at radius 3 is 2.24 bits per heavy atom. The number of carboxylic acid groups (broad SMARTS) is 1. The number of aliphatic carboxylic acids is 1. The SMILES string of the molecule is O=C(O)C1(NC2CCC2)Cc2ccccc2C1. The molecule has 3 rings (SSSR count). The van der Waals surface area contributed by atoms with Gasteiger partial charge < -0.3 is 5.11 Å². The molecule has 1 aromatic rings. The van der Waals surface area contributed by atoms with Crippen molar-refractivity contribution >= 4 is 5.97 Å². The van der Waals surface area contributed by atoms with Crippen LogP contribution in [-0.4, -0.2) is 22.7 Å². The van der Waals surface area contributed by atoms with E-state index >= 15 is 0 Å². The number of nitrogens with one attached hydrogen (secondary N) is 1. The Morgan fingerprint density at radius 1 is 1.24 bits per heavy atom. The summed E-state index contributed by atoms with van der Waals surface area (Å²) in [6.07, 6.45) is 4.70. The van der Waals surface area contributed by atoms with Gasteiger partial charge in [-0.1, -0.05) is 30.7 Å². The third-order valence-electron chi connectivity index (χ3n) is 4.10. The Labute approximate surface area is 101 Å². The van der Waals surface area contributed by atoms with Crippen molar-refractivity contribution in [3.63, 3.8) is 0 Å². The molecule has 1 aromatic carbocycles. The molecule has 0 spiro atoms. The van der Waals surface area contributed by atoms with E-state index in [2.05, 4.69) is 5.32 Å². The molecule has 90 valence electrons. The fourth-order valence-corrected chi connectivity index (χ4v) is 2.87.